The molecule has 1 fully saturated rings. The molecule has 0 bridgehead atoms. The molecule has 31 heavy (non-hydrogen) atoms. The summed E-state index contributed by atoms with van der Waals surface area (Å²) in [5.41, 5.74) is 2.16. The van der Waals surface area contributed by atoms with Crippen LogP contribution in [0, 0.1) is 0 Å². The lowest BCUT2D eigenvalue weighted by Gasteiger charge is -2.31. The summed E-state index contributed by atoms with van der Waals surface area (Å²) in [4.78, 5) is 16.4. The highest BCUT2D eigenvalue weighted by Crippen LogP contribution is 2.29. The largest absolute Gasteiger partial charge is 0.493 e. The van der Waals surface area contributed by atoms with Gasteiger partial charge in [0.1, 0.15) is 6.61 Å². The Labute approximate surface area is 182 Å². The van der Waals surface area contributed by atoms with E-state index in [0.29, 0.717) is 30.9 Å². The Morgan fingerprint density at radius 2 is 1.74 bits per heavy atom. The molecule has 0 saturated carbocycles. The Hall–Kier alpha value is -3.35. The van der Waals surface area contributed by atoms with Crippen molar-refractivity contribution >= 4 is 5.91 Å². The lowest BCUT2D eigenvalue weighted by Crippen LogP contribution is -2.39. The average molecular weight is 421 g/mol. The van der Waals surface area contributed by atoms with E-state index in [4.69, 9.17) is 9.47 Å². The van der Waals surface area contributed by atoms with Crippen molar-refractivity contribution in [2.24, 2.45) is 0 Å². The van der Waals surface area contributed by atoms with Crippen molar-refractivity contribution in [1.29, 1.82) is 0 Å². The highest BCUT2D eigenvalue weighted by Gasteiger charge is 2.24. The Balaban J connectivity index is 1.30. The van der Waals surface area contributed by atoms with Crippen molar-refractivity contribution in [3.05, 3.63) is 72.1 Å². The van der Waals surface area contributed by atoms with Crippen molar-refractivity contribution in [3.8, 4) is 11.5 Å². The third-order valence-corrected chi connectivity index (χ3v) is 5.67. The number of carbonyl (C=O) groups excluding carboxylic acids is 1. The second kappa shape index (κ2) is 10.1. The number of nitrogens with zero attached hydrogens (tertiary/aromatic N) is 4. The van der Waals surface area contributed by atoms with Crippen LogP contribution >= 0.6 is 0 Å². The van der Waals surface area contributed by atoms with E-state index in [9.17, 15) is 4.79 Å². The van der Waals surface area contributed by atoms with Gasteiger partial charge < -0.3 is 14.4 Å². The number of piperidine rings is 1. The van der Waals surface area contributed by atoms with Crippen LogP contribution in [0.15, 0.2) is 60.9 Å². The molecule has 7 nitrogen and oxygen atoms in total. The quantitative estimate of drug-likeness (QED) is 0.556. The van der Waals surface area contributed by atoms with Gasteiger partial charge in [0.25, 0.3) is 0 Å². The van der Waals surface area contributed by atoms with Gasteiger partial charge >= 0.3 is 0 Å². The number of rotatable bonds is 8. The number of benzene rings is 2. The fourth-order valence-electron chi connectivity index (χ4n) is 3.89. The maximum Gasteiger partial charge on any atom is 0.222 e. The van der Waals surface area contributed by atoms with Gasteiger partial charge in [-0.25, -0.2) is 0 Å². The fraction of sp³-hybridized carbons (Fsp3) is 0.375. The van der Waals surface area contributed by atoms with Crippen LogP contribution in [0.1, 0.15) is 36.4 Å². The Bertz CT molecular complexity index is 968. The highest BCUT2D eigenvalue weighted by molar-refractivity contribution is 5.76. The summed E-state index contributed by atoms with van der Waals surface area (Å²) in [5.74, 6) is 1.58. The molecule has 1 aromatic heterocycles. The number of hydrogen-bond acceptors (Lipinski definition) is 5. The number of aryl methyl sites for hydroxylation is 1. The Morgan fingerprint density at radius 1 is 1.00 bits per heavy atom. The molecule has 0 atom stereocenters. The standard InChI is InChI=1S/C24H28N4O3/c1-30-22-9-7-19(17-23(22)31-18-20-5-3-2-4-6-20)8-10-24(29)27-15-11-21(12-16-27)28-25-13-14-26-28/h2-7,9,13-14,17,21H,8,10-12,15-16,18H2,1H3. The van der Waals surface area contributed by atoms with Gasteiger partial charge in [0.2, 0.25) is 5.91 Å². The van der Waals surface area contributed by atoms with Gasteiger partial charge in [-0.3, -0.25) is 4.79 Å². The van der Waals surface area contributed by atoms with Gasteiger partial charge in [-0.1, -0.05) is 36.4 Å². The maximum atomic E-state index is 12.7. The molecule has 0 unspecified atom stereocenters. The summed E-state index contributed by atoms with van der Waals surface area (Å²) >= 11 is 0. The number of hydrogen-bond donors (Lipinski definition) is 0. The van der Waals surface area contributed by atoms with Gasteiger partial charge in [-0.05, 0) is 42.5 Å². The normalized spacial score (nSPS) is 14.4. The van der Waals surface area contributed by atoms with E-state index in [0.717, 1.165) is 37.1 Å². The molecular weight excluding hydrogens is 392 g/mol. The predicted octanol–water partition coefficient (Wildman–Crippen LogP) is 3.66. The van der Waals surface area contributed by atoms with Crippen molar-refractivity contribution in [2.45, 2.75) is 38.3 Å². The number of methoxy groups -OCH3 is 1. The van der Waals surface area contributed by atoms with Crippen LogP contribution < -0.4 is 9.47 Å². The van der Waals surface area contributed by atoms with Crippen LogP contribution in [0.2, 0.25) is 0 Å². The first-order valence-corrected chi connectivity index (χ1v) is 10.7. The van der Waals surface area contributed by atoms with Gasteiger partial charge in [-0.15, -0.1) is 0 Å². The maximum absolute atomic E-state index is 12.7. The van der Waals surface area contributed by atoms with Crippen molar-refractivity contribution in [1.82, 2.24) is 19.9 Å². The van der Waals surface area contributed by atoms with E-state index >= 15 is 0 Å². The van der Waals surface area contributed by atoms with Crippen molar-refractivity contribution in [3.63, 3.8) is 0 Å². The molecular formula is C24H28N4O3. The van der Waals surface area contributed by atoms with Crippen LogP contribution in [-0.2, 0) is 17.8 Å². The van der Waals surface area contributed by atoms with Crippen LogP contribution in [0.4, 0.5) is 0 Å². The second-order valence-electron chi connectivity index (χ2n) is 7.72. The van der Waals surface area contributed by atoms with Gasteiger partial charge in [-0.2, -0.15) is 15.0 Å². The molecule has 3 aromatic rings. The zero-order valence-electron chi connectivity index (χ0n) is 17.8. The van der Waals surface area contributed by atoms with Crippen molar-refractivity contribution in [2.75, 3.05) is 20.2 Å². The van der Waals surface area contributed by atoms with E-state index in [1.54, 1.807) is 24.3 Å². The minimum absolute atomic E-state index is 0.189. The zero-order valence-corrected chi connectivity index (χ0v) is 17.8. The van der Waals surface area contributed by atoms with E-state index in [1.807, 2.05) is 53.4 Å². The summed E-state index contributed by atoms with van der Waals surface area (Å²) in [6, 6.07) is 16.2. The van der Waals surface area contributed by atoms with Gasteiger partial charge in [0.15, 0.2) is 11.5 Å². The first kappa shape index (κ1) is 20.9. The third-order valence-electron chi connectivity index (χ3n) is 5.67. The third kappa shape index (κ3) is 5.42. The Morgan fingerprint density at radius 3 is 2.45 bits per heavy atom. The average Bonchev–Trinajstić information content (AvgIpc) is 3.37. The van der Waals surface area contributed by atoms with Gasteiger partial charge in [0, 0.05) is 19.5 Å². The number of ether oxygens (including phenoxy) is 2. The molecule has 162 valence electrons. The second-order valence-corrected chi connectivity index (χ2v) is 7.72. The molecule has 1 aliphatic heterocycles. The summed E-state index contributed by atoms with van der Waals surface area (Å²) in [6.07, 6.45) is 6.33. The molecule has 0 radical (unpaired) electrons. The molecule has 0 N–H and O–H groups in total. The van der Waals surface area contributed by atoms with Crippen LogP contribution in [0.3, 0.4) is 0 Å². The van der Waals surface area contributed by atoms with Crippen LogP contribution in [0.25, 0.3) is 0 Å². The van der Waals surface area contributed by atoms with Crippen LogP contribution in [-0.4, -0.2) is 46.0 Å². The van der Waals surface area contributed by atoms with E-state index < -0.39 is 0 Å². The summed E-state index contributed by atoms with van der Waals surface area (Å²) in [5, 5.41) is 8.45. The molecule has 1 amide bonds. The van der Waals surface area contributed by atoms with E-state index in [1.165, 1.54) is 0 Å². The predicted molar refractivity (Wildman–Crippen MR) is 117 cm³/mol. The van der Waals surface area contributed by atoms with Gasteiger partial charge in [0.05, 0.1) is 25.5 Å². The zero-order chi connectivity index (χ0) is 21.5. The molecule has 1 aliphatic rings. The lowest BCUT2D eigenvalue weighted by molar-refractivity contribution is -0.132. The van der Waals surface area contributed by atoms with Crippen LogP contribution in [0.5, 0.6) is 11.5 Å². The molecule has 4 rings (SSSR count). The first-order valence-electron chi connectivity index (χ1n) is 10.7. The highest BCUT2D eigenvalue weighted by atomic mass is 16.5. The molecule has 0 spiro atoms. The molecule has 2 heterocycles. The molecule has 7 heteroatoms. The smallest absolute Gasteiger partial charge is 0.222 e. The number of likely N-dealkylation sites (tertiary alicyclic amines) is 1. The summed E-state index contributed by atoms with van der Waals surface area (Å²) in [6.45, 7) is 1.97. The number of amides is 1. The van der Waals surface area contributed by atoms with Crippen molar-refractivity contribution < 1.29 is 14.3 Å². The Kier molecular flexibility index (Phi) is 6.82. The molecule has 1 saturated heterocycles. The SMILES string of the molecule is COc1ccc(CCC(=O)N2CCC(n3nccn3)CC2)cc1OCc1ccccc1. The minimum atomic E-state index is 0.189. The summed E-state index contributed by atoms with van der Waals surface area (Å²) in [7, 11) is 1.64. The lowest BCUT2D eigenvalue weighted by atomic mass is 10.0. The summed E-state index contributed by atoms with van der Waals surface area (Å²) < 4.78 is 11.4. The topological polar surface area (TPSA) is 69.5 Å². The number of aromatic nitrogens is 3. The van der Waals surface area contributed by atoms with E-state index in [-0.39, 0.29) is 11.9 Å². The first-order chi connectivity index (χ1) is 15.2. The minimum Gasteiger partial charge on any atom is -0.493 e. The fourth-order valence-corrected chi connectivity index (χ4v) is 3.89. The monoisotopic (exact) mass is 420 g/mol. The van der Waals surface area contributed by atoms with E-state index in [2.05, 4.69) is 10.2 Å². The molecule has 2 aromatic carbocycles. The number of carbonyl (C=O) groups is 1. The molecule has 0 aliphatic carbocycles.